The number of hydrogen-bond donors (Lipinski definition) is 4. The lowest BCUT2D eigenvalue weighted by atomic mass is 9.49. The van der Waals surface area contributed by atoms with Crippen molar-refractivity contribution >= 4 is 11.6 Å². The van der Waals surface area contributed by atoms with E-state index in [-0.39, 0.29) is 35.1 Å². The summed E-state index contributed by atoms with van der Waals surface area (Å²) in [5, 5.41) is 44.2. The molecule has 0 radical (unpaired) electrons. The van der Waals surface area contributed by atoms with Crippen molar-refractivity contribution in [2.45, 2.75) is 97.7 Å². The number of rotatable bonds is 4. The molecule has 10 heteroatoms. The number of nitrogens with zero attached hydrogens (tertiary/aromatic N) is 2. The van der Waals surface area contributed by atoms with Crippen LogP contribution in [0.5, 0.6) is 23.0 Å². The van der Waals surface area contributed by atoms with Gasteiger partial charge in [0.15, 0.2) is 46.8 Å². The lowest BCUT2D eigenvalue weighted by molar-refractivity contribution is -0.187. The highest BCUT2D eigenvalue weighted by atomic mass is 16.5. The number of benzene rings is 2. The van der Waals surface area contributed by atoms with E-state index in [0.29, 0.717) is 62.9 Å². The van der Waals surface area contributed by atoms with Gasteiger partial charge in [-0.1, -0.05) is 24.3 Å². The maximum Gasteiger partial charge on any atom is 0.174 e. The number of aromatic hydroxyl groups is 2. The van der Waals surface area contributed by atoms with Gasteiger partial charge in [0, 0.05) is 62.2 Å². The highest BCUT2D eigenvalue weighted by molar-refractivity contribution is 5.91. The Morgan fingerprint density at radius 1 is 0.708 bits per heavy atom. The first-order valence-electron chi connectivity index (χ1n) is 17.3. The Balaban J connectivity index is 0.000000131. The number of aliphatic hydroxyl groups is 2. The summed E-state index contributed by atoms with van der Waals surface area (Å²) in [4.78, 5) is 29.8. The second-order valence-corrected chi connectivity index (χ2v) is 15.1. The summed E-state index contributed by atoms with van der Waals surface area (Å²) in [6, 6.07) is 7.03. The number of carbonyl (C=O) groups excluding carboxylic acids is 2. The average Bonchev–Trinajstić information content (AvgIpc) is 3.61. The van der Waals surface area contributed by atoms with E-state index in [1.165, 1.54) is 0 Å². The third-order valence-electron chi connectivity index (χ3n) is 13.5. The van der Waals surface area contributed by atoms with E-state index in [1.807, 2.05) is 24.3 Å². The third-order valence-corrected chi connectivity index (χ3v) is 13.5. The number of hydrogen-bond acceptors (Lipinski definition) is 10. The predicted molar refractivity (Wildman–Crippen MR) is 175 cm³/mol. The minimum Gasteiger partial charge on any atom is -0.504 e. The van der Waals surface area contributed by atoms with Crippen molar-refractivity contribution in [3.8, 4) is 23.0 Å². The van der Waals surface area contributed by atoms with Crippen LogP contribution in [0, 0.1) is 0 Å². The van der Waals surface area contributed by atoms with Crippen LogP contribution in [-0.4, -0.2) is 103 Å². The topological polar surface area (TPSA) is 140 Å². The number of Topliss-reactive ketones (excluding diaryl/α,β-unsaturated/α-hetero) is 2. The Labute approximate surface area is 279 Å². The molecule has 2 saturated heterocycles. The first-order valence-corrected chi connectivity index (χ1v) is 17.3. The zero-order valence-corrected chi connectivity index (χ0v) is 27.0. The van der Waals surface area contributed by atoms with Gasteiger partial charge in [0.05, 0.1) is 22.0 Å². The summed E-state index contributed by atoms with van der Waals surface area (Å²) in [6.45, 7) is 10.7. The van der Waals surface area contributed by atoms with Crippen LogP contribution in [0.15, 0.2) is 49.6 Å². The second-order valence-electron chi connectivity index (χ2n) is 15.1. The number of piperidine rings is 2. The fraction of sp³-hybridized carbons (Fsp3) is 0.526. The van der Waals surface area contributed by atoms with E-state index in [1.54, 1.807) is 12.1 Å². The number of ketones is 2. The molecule has 0 unspecified atom stereocenters. The van der Waals surface area contributed by atoms with Crippen molar-refractivity contribution in [3.05, 3.63) is 71.8 Å². The summed E-state index contributed by atoms with van der Waals surface area (Å²) in [6.07, 6.45) is 6.69. The number of ether oxygens (including phenoxy) is 2. The molecule has 48 heavy (non-hydrogen) atoms. The second kappa shape index (κ2) is 9.94. The first kappa shape index (κ1) is 30.4. The van der Waals surface area contributed by atoms with Crippen LogP contribution >= 0.6 is 0 Å². The standard InChI is InChI=1S/2C19H21NO4/c2*1-2-8-20-9-7-18-15-11-3-4-12(21)16(15)24-17(18)13(22)5-6-19(18,23)14(20)10-11/h2*2-4,14,17,21,23H,1,5-10H2/t2*14-,17+,18+,19-/m11/s1. The maximum absolute atomic E-state index is 12.6. The van der Waals surface area contributed by atoms with Gasteiger partial charge in [-0.15, -0.1) is 13.2 Å². The highest BCUT2D eigenvalue weighted by Crippen LogP contribution is 2.66. The van der Waals surface area contributed by atoms with Crippen LogP contribution in [0.4, 0.5) is 0 Å². The third kappa shape index (κ3) is 3.37. The summed E-state index contributed by atoms with van der Waals surface area (Å²) >= 11 is 0. The zero-order chi connectivity index (χ0) is 33.4. The van der Waals surface area contributed by atoms with Crippen LogP contribution < -0.4 is 9.47 Å². The molecule has 4 aliphatic carbocycles. The van der Waals surface area contributed by atoms with Crippen LogP contribution in [0.25, 0.3) is 0 Å². The number of phenols is 2. The lowest BCUT2D eigenvalue weighted by Gasteiger charge is -2.62. The molecule has 4 bridgehead atoms. The van der Waals surface area contributed by atoms with Gasteiger partial charge in [0.25, 0.3) is 0 Å². The molecule has 2 aromatic carbocycles. The molecule has 2 spiro atoms. The molecule has 2 aromatic rings. The van der Waals surface area contributed by atoms with Gasteiger partial charge < -0.3 is 29.9 Å². The molecule has 4 heterocycles. The predicted octanol–water partition coefficient (Wildman–Crippen LogP) is 2.60. The van der Waals surface area contributed by atoms with Crippen LogP contribution in [-0.2, 0) is 33.3 Å². The van der Waals surface area contributed by atoms with Gasteiger partial charge in [-0.25, -0.2) is 0 Å². The summed E-state index contributed by atoms with van der Waals surface area (Å²) in [7, 11) is 0. The van der Waals surface area contributed by atoms with Gasteiger partial charge >= 0.3 is 0 Å². The van der Waals surface area contributed by atoms with Gasteiger partial charge in [0.1, 0.15) is 0 Å². The highest BCUT2D eigenvalue weighted by Gasteiger charge is 2.74. The van der Waals surface area contributed by atoms with Crippen molar-refractivity contribution in [2.75, 3.05) is 26.2 Å². The molecule has 10 rings (SSSR count). The van der Waals surface area contributed by atoms with E-state index < -0.39 is 34.2 Å². The number of carbonyl (C=O) groups is 2. The normalized spacial score (nSPS) is 39.3. The summed E-state index contributed by atoms with van der Waals surface area (Å²) < 4.78 is 12.0. The molecule has 4 fully saturated rings. The monoisotopic (exact) mass is 654 g/mol. The van der Waals surface area contributed by atoms with Gasteiger partial charge in [0.2, 0.25) is 0 Å². The van der Waals surface area contributed by atoms with Crippen molar-refractivity contribution in [3.63, 3.8) is 0 Å². The fourth-order valence-corrected chi connectivity index (χ4v) is 11.6. The largest absolute Gasteiger partial charge is 0.504 e. The Bertz CT molecular complexity index is 1680. The maximum atomic E-state index is 12.6. The Kier molecular flexibility index (Phi) is 6.29. The molecule has 0 amide bonds. The zero-order valence-electron chi connectivity index (χ0n) is 27.0. The Morgan fingerprint density at radius 2 is 1.12 bits per heavy atom. The lowest BCUT2D eigenvalue weighted by Crippen LogP contribution is -2.76. The number of phenolic OH excluding ortho intramolecular Hbond substituents is 2. The van der Waals surface area contributed by atoms with Crippen molar-refractivity contribution in [2.24, 2.45) is 0 Å². The minimum atomic E-state index is -1.00. The Hall–Kier alpha value is -3.70. The van der Waals surface area contributed by atoms with E-state index in [9.17, 15) is 30.0 Å². The minimum absolute atomic E-state index is 0.0408. The van der Waals surface area contributed by atoms with E-state index in [2.05, 4.69) is 23.0 Å². The molecular formula is C38H42N2O8. The molecule has 8 aliphatic rings. The molecule has 252 valence electrons. The van der Waals surface area contributed by atoms with Crippen LogP contribution in [0.3, 0.4) is 0 Å². The smallest absolute Gasteiger partial charge is 0.174 e. The van der Waals surface area contributed by atoms with Crippen LogP contribution in [0.2, 0.25) is 0 Å². The van der Waals surface area contributed by atoms with Crippen LogP contribution in [0.1, 0.15) is 60.8 Å². The number of likely N-dealkylation sites (tertiary alicyclic amines) is 2. The van der Waals surface area contributed by atoms with E-state index in [4.69, 9.17) is 9.47 Å². The fourth-order valence-electron chi connectivity index (χ4n) is 11.6. The molecule has 10 nitrogen and oxygen atoms in total. The molecule has 4 N–H and O–H groups in total. The van der Waals surface area contributed by atoms with Gasteiger partial charge in [-0.2, -0.15) is 0 Å². The van der Waals surface area contributed by atoms with Crippen molar-refractivity contribution < 1.29 is 39.5 Å². The van der Waals surface area contributed by atoms with Gasteiger partial charge in [-0.05, 0) is 61.8 Å². The van der Waals surface area contributed by atoms with Gasteiger partial charge in [-0.3, -0.25) is 19.4 Å². The molecular weight excluding hydrogens is 612 g/mol. The van der Waals surface area contributed by atoms with Crippen molar-refractivity contribution in [1.82, 2.24) is 9.80 Å². The molecule has 0 aromatic heterocycles. The average molecular weight is 655 g/mol. The summed E-state index contributed by atoms with van der Waals surface area (Å²) in [5.41, 5.74) is 0.512. The molecule has 4 aliphatic heterocycles. The first-order chi connectivity index (χ1) is 23.1. The quantitative estimate of drug-likeness (QED) is 0.364. The SMILES string of the molecule is C=CCN1CC[C@]23c4c5ccc(O)c4O[C@H]2C(=O)CC[C@@]3(O)[C@H]1C5.C=CCN1CC[C@]23c4c5ccc(O)c4O[C@H]2C(=O)CC[C@@]3(O)[C@H]1C5. The Morgan fingerprint density at radius 3 is 1.52 bits per heavy atom. The van der Waals surface area contributed by atoms with E-state index in [0.717, 1.165) is 48.4 Å². The van der Waals surface area contributed by atoms with E-state index >= 15 is 0 Å². The molecule has 8 atom stereocenters. The van der Waals surface area contributed by atoms with Crippen molar-refractivity contribution in [1.29, 1.82) is 0 Å². The molecule has 2 saturated carbocycles. The summed E-state index contributed by atoms with van der Waals surface area (Å²) in [5.74, 6) is 1.06.